The summed E-state index contributed by atoms with van der Waals surface area (Å²) in [6.07, 6.45) is 3.16. The first-order valence-electron chi connectivity index (χ1n) is 7.57. The van der Waals surface area contributed by atoms with E-state index in [1.807, 2.05) is 40.9 Å². The standard InChI is InChI=1S/C16H22N2O2S/c1-20-14-5-2-4-13(10-14)18-8-3-6-15(16(18)19)17-12-7-9-21-11-12/h2,4-5,10,12,15,17H,3,6-9,11H2,1H3/t12-,15-/m1/s1. The molecule has 0 saturated carbocycles. The lowest BCUT2D eigenvalue weighted by molar-refractivity contribution is -0.121. The van der Waals surface area contributed by atoms with E-state index in [4.69, 9.17) is 4.74 Å². The SMILES string of the molecule is COc1cccc(N2CCC[C@@H](N[C@@H]3CCSC3)C2=O)c1. The van der Waals surface area contributed by atoms with Gasteiger partial charge in [-0.3, -0.25) is 4.79 Å². The molecule has 2 aliphatic rings. The van der Waals surface area contributed by atoms with Crippen LogP contribution in [0.5, 0.6) is 5.75 Å². The molecule has 5 heteroatoms. The van der Waals surface area contributed by atoms with Crippen LogP contribution in [-0.4, -0.2) is 43.2 Å². The highest BCUT2D eigenvalue weighted by atomic mass is 32.2. The number of nitrogens with zero attached hydrogens (tertiary/aromatic N) is 1. The number of amides is 1. The van der Waals surface area contributed by atoms with Crippen molar-refractivity contribution in [3.63, 3.8) is 0 Å². The van der Waals surface area contributed by atoms with Crippen molar-refractivity contribution < 1.29 is 9.53 Å². The average molecular weight is 306 g/mol. The Bertz CT molecular complexity index is 503. The van der Waals surface area contributed by atoms with Crippen molar-refractivity contribution in [1.29, 1.82) is 0 Å². The van der Waals surface area contributed by atoms with Gasteiger partial charge in [-0.05, 0) is 37.1 Å². The fourth-order valence-corrected chi connectivity index (χ4v) is 4.18. The molecular weight excluding hydrogens is 284 g/mol. The fraction of sp³-hybridized carbons (Fsp3) is 0.562. The van der Waals surface area contributed by atoms with Gasteiger partial charge in [0.15, 0.2) is 0 Å². The molecule has 0 radical (unpaired) electrons. The van der Waals surface area contributed by atoms with Gasteiger partial charge in [0.1, 0.15) is 5.75 Å². The second kappa shape index (κ2) is 6.71. The highest BCUT2D eigenvalue weighted by Crippen LogP contribution is 2.26. The van der Waals surface area contributed by atoms with Gasteiger partial charge in [0.2, 0.25) is 5.91 Å². The number of rotatable bonds is 4. The Labute approximate surface area is 130 Å². The predicted molar refractivity (Wildman–Crippen MR) is 87.2 cm³/mol. The number of hydrogen-bond donors (Lipinski definition) is 1. The molecule has 0 unspecified atom stereocenters. The summed E-state index contributed by atoms with van der Waals surface area (Å²) in [6.45, 7) is 0.795. The largest absolute Gasteiger partial charge is 0.497 e. The van der Waals surface area contributed by atoms with Crippen LogP contribution in [0.1, 0.15) is 19.3 Å². The molecule has 1 N–H and O–H groups in total. The first-order valence-corrected chi connectivity index (χ1v) is 8.72. The van der Waals surface area contributed by atoms with Gasteiger partial charge in [-0.1, -0.05) is 6.07 Å². The normalized spacial score (nSPS) is 26.1. The molecule has 0 aliphatic carbocycles. The number of thioether (sulfide) groups is 1. The fourth-order valence-electron chi connectivity index (χ4n) is 3.02. The van der Waals surface area contributed by atoms with E-state index in [1.54, 1.807) is 7.11 Å². The van der Waals surface area contributed by atoms with Crippen LogP contribution < -0.4 is 15.0 Å². The van der Waals surface area contributed by atoms with E-state index < -0.39 is 0 Å². The summed E-state index contributed by atoms with van der Waals surface area (Å²) in [5.74, 6) is 3.33. The molecule has 4 nitrogen and oxygen atoms in total. The molecule has 0 bridgehead atoms. The topological polar surface area (TPSA) is 41.6 Å². The van der Waals surface area contributed by atoms with Crippen molar-refractivity contribution in [3.8, 4) is 5.75 Å². The minimum atomic E-state index is -0.0337. The Hall–Kier alpha value is -1.20. The summed E-state index contributed by atoms with van der Waals surface area (Å²) < 4.78 is 5.26. The van der Waals surface area contributed by atoms with Gasteiger partial charge in [-0.15, -0.1) is 0 Å². The Kier molecular flexibility index (Phi) is 4.70. The minimum Gasteiger partial charge on any atom is -0.497 e. The number of hydrogen-bond acceptors (Lipinski definition) is 4. The van der Waals surface area contributed by atoms with Crippen molar-refractivity contribution in [2.75, 3.05) is 30.1 Å². The molecule has 1 aromatic rings. The maximum Gasteiger partial charge on any atom is 0.244 e. The highest BCUT2D eigenvalue weighted by molar-refractivity contribution is 7.99. The van der Waals surface area contributed by atoms with Gasteiger partial charge in [-0.2, -0.15) is 11.8 Å². The molecule has 2 saturated heterocycles. The second-order valence-electron chi connectivity index (χ2n) is 5.61. The average Bonchev–Trinajstić information content (AvgIpc) is 3.02. The van der Waals surface area contributed by atoms with Gasteiger partial charge in [0.05, 0.1) is 13.2 Å². The van der Waals surface area contributed by atoms with Gasteiger partial charge >= 0.3 is 0 Å². The summed E-state index contributed by atoms with van der Waals surface area (Å²) in [6, 6.07) is 8.22. The summed E-state index contributed by atoms with van der Waals surface area (Å²) in [5.41, 5.74) is 0.937. The van der Waals surface area contributed by atoms with Crippen molar-refractivity contribution >= 4 is 23.4 Å². The number of carbonyl (C=O) groups excluding carboxylic acids is 1. The van der Waals surface area contributed by atoms with Crippen molar-refractivity contribution in [2.24, 2.45) is 0 Å². The van der Waals surface area contributed by atoms with E-state index in [0.29, 0.717) is 6.04 Å². The molecule has 0 aromatic heterocycles. The van der Waals surface area contributed by atoms with E-state index in [2.05, 4.69) is 5.32 Å². The Morgan fingerprint density at radius 1 is 1.38 bits per heavy atom. The van der Waals surface area contributed by atoms with E-state index in [-0.39, 0.29) is 11.9 Å². The van der Waals surface area contributed by atoms with Crippen molar-refractivity contribution in [1.82, 2.24) is 5.32 Å². The second-order valence-corrected chi connectivity index (χ2v) is 6.76. The Morgan fingerprint density at radius 2 is 2.29 bits per heavy atom. The maximum absolute atomic E-state index is 12.7. The summed E-state index contributed by atoms with van der Waals surface area (Å²) in [7, 11) is 1.65. The quantitative estimate of drug-likeness (QED) is 0.927. The van der Waals surface area contributed by atoms with Gasteiger partial charge < -0.3 is 15.0 Å². The maximum atomic E-state index is 12.7. The third-order valence-corrected chi connectivity index (χ3v) is 5.33. The third-order valence-electron chi connectivity index (χ3n) is 4.17. The van der Waals surface area contributed by atoms with E-state index >= 15 is 0 Å². The van der Waals surface area contributed by atoms with Crippen LogP contribution in [0.4, 0.5) is 5.69 Å². The minimum absolute atomic E-state index is 0.0337. The number of carbonyl (C=O) groups is 1. The van der Waals surface area contributed by atoms with Gasteiger partial charge in [0, 0.05) is 30.1 Å². The molecule has 114 valence electrons. The predicted octanol–water partition coefficient (Wildman–Crippen LogP) is 2.29. The number of methoxy groups -OCH3 is 1. The number of ether oxygens (including phenoxy) is 1. The molecular formula is C16H22N2O2S. The van der Waals surface area contributed by atoms with Crippen LogP contribution in [0.15, 0.2) is 24.3 Å². The first-order chi connectivity index (χ1) is 10.3. The number of nitrogens with one attached hydrogen (secondary N) is 1. The first kappa shape index (κ1) is 14.7. The lowest BCUT2D eigenvalue weighted by atomic mass is 10.0. The van der Waals surface area contributed by atoms with E-state index in [0.717, 1.165) is 36.6 Å². The van der Waals surface area contributed by atoms with E-state index in [9.17, 15) is 4.79 Å². The molecule has 1 amide bonds. The zero-order valence-corrected chi connectivity index (χ0v) is 13.2. The molecule has 3 rings (SSSR count). The number of anilines is 1. The Balaban J connectivity index is 1.71. The molecule has 0 spiro atoms. The van der Waals surface area contributed by atoms with Crippen LogP contribution in [0.3, 0.4) is 0 Å². The smallest absolute Gasteiger partial charge is 0.244 e. The highest BCUT2D eigenvalue weighted by Gasteiger charge is 2.31. The van der Waals surface area contributed by atoms with Gasteiger partial charge in [0.25, 0.3) is 0 Å². The zero-order chi connectivity index (χ0) is 14.7. The van der Waals surface area contributed by atoms with E-state index in [1.165, 1.54) is 12.2 Å². The summed E-state index contributed by atoms with van der Waals surface area (Å²) in [5, 5.41) is 3.55. The van der Waals surface area contributed by atoms with Gasteiger partial charge in [-0.25, -0.2) is 0 Å². The zero-order valence-electron chi connectivity index (χ0n) is 12.4. The van der Waals surface area contributed by atoms with Crippen LogP contribution in [0.25, 0.3) is 0 Å². The molecule has 2 fully saturated rings. The molecule has 21 heavy (non-hydrogen) atoms. The lowest BCUT2D eigenvalue weighted by Crippen LogP contribution is -2.53. The summed E-state index contributed by atoms with van der Waals surface area (Å²) >= 11 is 1.97. The summed E-state index contributed by atoms with van der Waals surface area (Å²) in [4.78, 5) is 14.6. The molecule has 2 aliphatic heterocycles. The monoisotopic (exact) mass is 306 g/mol. The Morgan fingerprint density at radius 3 is 3.05 bits per heavy atom. The van der Waals surface area contributed by atoms with Crippen molar-refractivity contribution in [3.05, 3.63) is 24.3 Å². The van der Waals surface area contributed by atoms with Crippen molar-refractivity contribution in [2.45, 2.75) is 31.3 Å². The number of benzene rings is 1. The number of piperidine rings is 1. The molecule has 2 heterocycles. The third kappa shape index (κ3) is 3.35. The van der Waals surface area contributed by atoms with Crippen LogP contribution in [0, 0.1) is 0 Å². The van der Waals surface area contributed by atoms with Crippen LogP contribution in [0.2, 0.25) is 0 Å². The molecule has 2 atom stereocenters. The van der Waals surface area contributed by atoms with Crippen LogP contribution >= 0.6 is 11.8 Å². The van der Waals surface area contributed by atoms with Crippen LogP contribution in [-0.2, 0) is 4.79 Å². The lowest BCUT2D eigenvalue weighted by Gasteiger charge is -2.34. The molecule has 1 aromatic carbocycles.